The minimum absolute atomic E-state index is 0.0660. The van der Waals surface area contributed by atoms with Gasteiger partial charge in [-0.25, -0.2) is 0 Å². The number of rotatable bonds is 2. The first kappa shape index (κ1) is 11.9. The van der Waals surface area contributed by atoms with Gasteiger partial charge in [-0.2, -0.15) is 0 Å². The summed E-state index contributed by atoms with van der Waals surface area (Å²) in [6.45, 7) is 4.09. The lowest BCUT2D eigenvalue weighted by atomic mass is 9.77. The number of ether oxygens (including phenoxy) is 1. The highest BCUT2D eigenvalue weighted by molar-refractivity contribution is 5.75. The van der Waals surface area contributed by atoms with Crippen molar-refractivity contribution < 1.29 is 9.53 Å². The SMILES string of the molecule is COC(=O)C(C)N1CCC2(CCCC2)CC1. The summed E-state index contributed by atoms with van der Waals surface area (Å²) >= 11 is 0. The molecule has 0 N–H and O–H groups in total. The second-order valence-electron chi connectivity index (χ2n) is 5.44. The van der Waals surface area contributed by atoms with Crippen molar-refractivity contribution in [2.45, 2.75) is 51.5 Å². The number of carbonyl (C=O) groups excluding carboxylic acids is 1. The van der Waals surface area contributed by atoms with Crippen LogP contribution < -0.4 is 0 Å². The van der Waals surface area contributed by atoms with Gasteiger partial charge in [-0.3, -0.25) is 9.69 Å². The van der Waals surface area contributed by atoms with Crippen LogP contribution in [-0.2, 0) is 9.53 Å². The van der Waals surface area contributed by atoms with E-state index < -0.39 is 0 Å². The zero-order valence-corrected chi connectivity index (χ0v) is 10.5. The van der Waals surface area contributed by atoms with Gasteiger partial charge in [0.15, 0.2) is 0 Å². The second-order valence-corrected chi connectivity index (χ2v) is 5.44. The van der Waals surface area contributed by atoms with E-state index in [1.807, 2.05) is 6.92 Å². The third-order valence-electron chi connectivity index (χ3n) is 4.61. The molecule has 3 heteroatoms. The standard InChI is InChI=1S/C13H23NO2/c1-11(12(15)16-2)14-9-7-13(8-10-14)5-3-4-6-13/h11H,3-10H2,1-2H3. The molecule has 0 aromatic carbocycles. The van der Waals surface area contributed by atoms with Crippen LogP contribution in [0.5, 0.6) is 0 Å². The normalized spacial score (nSPS) is 26.9. The van der Waals surface area contributed by atoms with Crippen LogP contribution >= 0.6 is 0 Å². The van der Waals surface area contributed by atoms with Gasteiger partial charge in [-0.15, -0.1) is 0 Å². The van der Waals surface area contributed by atoms with E-state index in [9.17, 15) is 4.79 Å². The molecule has 1 aliphatic heterocycles. The van der Waals surface area contributed by atoms with Crippen LogP contribution in [0, 0.1) is 5.41 Å². The molecule has 2 fully saturated rings. The predicted octanol–water partition coefficient (Wildman–Crippen LogP) is 2.20. The summed E-state index contributed by atoms with van der Waals surface area (Å²) in [7, 11) is 1.47. The van der Waals surface area contributed by atoms with Gasteiger partial charge >= 0.3 is 5.97 Å². The highest BCUT2D eigenvalue weighted by Crippen LogP contribution is 2.46. The molecule has 2 aliphatic rings. The van der Waals surface area contributed by atoms with E-state index in [0.717, 1.165) is 13.1 Å². The Hall–Kier alpha value is -0.570. The van der Waals surface area contributed by atoms with E-state index in [-0.39, 0.29) is 12.0 Å². The molecule has 1 spiro atoms. The molecule has 1 saturated carbocycles. The van der Waals surface area contributed by atoms with Crippen molar-refractivity contribution in [1.82, 2.24) is 4.90 Å². The van der Waals surface area contributed by atoms with Crippen molar-refractivity contribution in [2.24, 2.45) is 5.41 Å². The van der Waals surface area contributed by atoms with Crippen molar-refractivity contribution in [3.63, 3.8) is 0 Å². The summed E-state index contributed by atoms with van der Waals surface area (Å²) in [6, 6.07) is -0.0660. The lowest BCUT2D eigenvalue weighted by molar-refractivity contribution is -0.147. The lowest BCUT2D eigenvalue weighted by Gasteiger charge is -2.41. The van der Waals surface area contributed by atoms with Crippen molar-refractivity contribution >= 4 is 5.97 Å². The highest BCUT2D eigenvalue weighted by Gasteiger charge is 2.38. The number of methoxy groups -OCH3 is 1. The predicted molar refractivity (Wildman–Crippen MR) is 63.2 cm³/mol. The summed E-state index contributed by atoms with van der Waals surface area (Å²) in [6.07, 6.45) is 8.18. The van der Waals surface area contributed by atoms with Crippen LogP contribution in [0.3, 0.4) is 0 Å². The fourth-order valence-corrected chi connectivity index (χ4v) is 3.33. The van der Waals surface area contributed by atoms with Gasteiger partial charge in [-0.05, 0) is 51.1 Å². The molecule has 0 aromatic heterocycles. The Morgan fingerprint density at radius 2 is 1.75 bits per heavy atom. The maximum atomic E-state index is 11.5. The zero-order valence-electron chi connectivity index (χ0n) is 10.5. The Labute approximate surface area is 98.1 Å². The average Bonchev–Trinajstić information content (AvgIpc) is 2.77. The first-order valence-electron chi connectivity index (χ1n) is 6.49. The first-order chi connectivity index (χ1) is 7.67. The first-order valence-corrected chi connectivity index (χ1v) is 6.49. The summed E-state index contributed by atoms with van der Waals surface area (Å²) < 4.78 is 4.80. The monoisotopic (exact) mass is 225 g/mol. The number of nitrogens with zero attached hydrogens (tertiary/aromatic N) is 1. The van der Waals surface area contributed by atoms with Crippen molar-refractivity contribution in [3.8, 4) is 0 Å². The average molecular weight is 225 g/mol. The third kappa shape index (κ3) is 2.24. The number of likely N-dealkylation sites (tertiary alicyclic amines) is 1. The topological polar surface area (TPSA) is 29.5 Å². The van der Waals surface area contributed by atoms with Crippen LogP contribution in [0.1, 0.15) is 45.4 Å². The Morgan fingerprint density at radius 3 is 2.25 bits per heavy atom. The van der Waals surface area contributed by atoms with Gasteiger partial charge in [0.25, 0.3) is 0 Å². The highest BCUT2D eigenvalue weighted by atomic mass is 16.5. The smallest absolute Gasteiger partial charge is 0.322 e. The summed E-state index contributed by atoms with van der Waals surface area (Å²) in [5.41, 5.74) is 0.631. The van der Waals surface area contributed by atoms with Gasteiger partial charge in [-0.1, -0.05) is 12.8 Å². The Balaban J connectivity index is 1.87. The summed E-state index contributed by atoms with van der Waals surface area (Å²) in [5.74, 6) is -0.0950. The Kier molecular flexibility index (Phi) is 3.53. The van der Waals surface area contributed by atoms with Crippen LogP contribution in [-0.4, -0.2) is 37.1 Å². The van der Waals surface area contributed by atoms with Crippen LogP contribution in [0.25, 0.3) is 0 Å². The minimum atomic E-state index is -0.0950. The Morgan fingerprint density at radius 1 is 1.19 bits per heavy atom. The van der Waals surface area contributed by atoms with Crippen LogP contribution in [0.2, 0.25) is 0 Å². The van der Waals surface area contributed by atoms with Crippen molar-refractivity contribution in [3.05, 3.63) is 0 Å². The van der Waals surface area contributed by atoms with E-state index in [1.54, 1.807) is 0 Å². The number of hydrogen-bond donors (Lipinski definition) is 0. The maximum absolute atomic E-state index is 11.5. The molecule has 1 aliphatic carbocycles. The molecule has 1 unspecified atom stereocenters. The molecule has 3 nitrogen and oxygen atoms in total. The molecule has 2 rings (SSSR count). The number of piperidine rings is 1. The molecular weight excluding hydrogens is 202 g/mol. The molecule has 0 bridgehead atoms. The maximum Gasteiger partial charge on any atom is 0.322 e. The molecule has 0 radical (unpaired) electrons. The van der Waals surface area contributed by atoms with E-state index in [1.165, 1.54) is 45.6 Å². The van der Waals surface area contributed by atoms with Crippen molar-refractivity contribution in [1.29, 1.82) is 0 Å². The number of esters is 1. The quantitative estimate of drug-likeness (QED) is 0.675. The van der Waals surface area contributed by atoms with Gasteiger partial charge in [0.2, 0.25) is 0 Å². The minimum Gasteiger partial charge on any atom is -0.468 e. The molecular formula is C13H23NO2. The third-order valence-corrected chi connectivity index (χ3v) is 4.61. The number of carbonyl (C=O) groups is 1. The molecule has 16 heavy (non-hydrogen) atoms. The summed E-state index contributed by atoms with van der Waals surface area (Å²) in [4.78, 5) is 13.7. The van der Waals surface area contributed by atoms with Crippen molar-refractivity contribution in [2.75, 3.05) is 20.2 Å². The van der Waals surface area contributed by atoms with Gasteiger partial charge in [0, 0.05) is 0 Å². The van der Waals surface area contributed by atoms with Gasteiger partial charge < -0.3 is 4.74 Å². The molecule has 0 amide bonds. The van der Waals surface area contributed by atoms with Gasteiger partial charge in [0.05, 0.1) is 7.11 Å². The van der Waals surface area contributed by atoms with E-state index in [0.29, 0.717) is 5.41 Å². The molecule has 92 valence electrons. The Bertz CT molecular complexity index is 249. The lowest BCUT2D eigenvalue weighted by Crippen LogP contribution is -2.46. The van der Waals surface area contributed by atoms with E-state index in [4.69, 9.17) is 4.74 Å². The zero-order chi connectivity index (χ0) is 11.6. The largest absolute Gasteiger partial charge is 0.468 e. The molecule has 0 aromatic rings. The van der Waals surface area contributed by atoms with E-state index in [2.05, 4.69) is 4.90 Å². The fraction of sp³-hybridized carbons (Fsp3) is 0.923. The van der Waals surface area contributed by atoms with E-state index >= 15 is 0 Å². The van der Waals surface area contributed by atoms with Crippen LogP contribution in [0.15, 0.2) is 0 Å². The molecule has 1 saturated heterocycles. The fourth-order valence-electron chi connectivity index (χ4n) is 3.33. The van der Waals surface area contributed by atoms with Crippen LogP contribution in [0.4, 0.5) is 0 Å². The second kappa shape index (κ2) is 4.74. The number of hydrogen-bond acceptors (Lipinski definition) is 3. The van der Waals surface area contributed by atoms with Gasteiger partial charge in [0.1, 0.15) is 6.04 Å². The molecule has 1 heterocycles. The molecule has 1 atom stereocenters. The summed E-state index contributed by atoms with van der Waals surface area (Å²) in [5, 5.41) is 0.